The van der Waals surface area contributed by atoms with Gasteiger partial charge in [0.05, 0.1) is 16.9 Å². The molecule has 1 aromatic carbocycles. The van der Waals surface area contributed by atoms with Crippen molar-refractivity contribution in [2.45, 2.75) is 51.1 Å². The van der Waals surface area contributed by atoms with Gasteiger partial charge in [-0.15, -0.1) is 0 Å². The molecule has 29 heavy (non-hydrogen) atoms. The van der Waals surface area contributed by atoms with Gasteiger partial charge in [-0.05, 0) is 44.2 Å². The monoisotopic (exact) mass is 394 g/mol. The molecular weight excluding hydrogens is 368 g/mol. The average Bonchev–Trinajstić information content (AvgIpc) is 3.36. The maximum Gasteiger partial charge on any atom is 0.339 e. The summed E-state index contributed by atoms with van der Waals surface area (Å²) in [4.78, 5) is 24.2. The Morgan fingerprint density at radius 3 is 2.66 bits per heavy atom. The van der Waals surface area contributed by atoms with Crippen LogP contribution < -0.4 is 10.3 Å². The van der Waals surface area contributed by atoms with Crippen molar-refractivity contribution in [2.24, 2.45) is 11.0 Å². The molecule has 4 rings (SSSR count). The predicted molar refractivity (Wildman–Crippen MR) is 112 cm³/mol. The van der Waals surface area contributed by atoms with E-state index < -0.39 is 5.97 Å². The topological polar surface area (TPSA) is 86.9 Å². The lowest BCUT2D eigenvalue weighted by Crippen LogP contribution is -2.45. The molecule has 0 bridgehead atoms. The summed E-state index contributed by atoms with van der Waals surface area (Å²) in [7, 11) is 0. The van der Waals surface area contributed by atoms with Gasteiger partial charge in [-0.3, -0.25) is 9.80 Å². The lowest BCUT2D eigenvalue weighted by molar-refractivity contribution is -0.116. The highest BCUT2D eigenvalue weighted by atomic mass is 16.4. The third kappa shape index (κ3) is 3.77. The van der Waals surface area contributed by atoms with Crippen molar-refractivity contribution in [1.29, 1.82) is 0 Å². The molecule has 1 aliphatic carbocycles. The summed E-state index contributed by atoms with van der Waals surface area (Å²) in [6, 6.07) is 10.1. The van der Waals surface area contributed by atoms with Crippen LogP contribution in [0.5, 0.6) is 0 Å². The molecule has 0 spiro atoms. The van der Waals surface area contributed by atoms with E-state index in [4.69, 9.17) is 0 Å². The Labute approximate surface area is 170 Å². The number of amides is 1. The number of hydrogen-bond acceptors (Lipinski definition) is 4. The summed E-state index contributed by atoms with van der Waals surface area (Å²) >= 11 is 0. The predicted octanol–water partition coefficient (Wildman–Crippen LogP) is 3.97. The number of nitrogens with one attached hydrogen (secondary N) is 1. The minimum absolute atomic E-state index is 0.118. The molecule has 2 aliphatic rings. The first-order chi connectivity index (χ1) is 14.0. The van der Waals surface area contributed by atoms with E-state index in [-0.39, 0.29) is 17.0 Å². The lowest BCUT2D eigenvalue weighted by atomic mass is 9.84. The normalized spacial score (nSPS) is 20.8. The summed E-state index contributed by atoms with van der Waals surface area (Å²) in [6.45, 7) is 2.57. The standard InChI is InChI=1S/C22H26N4O3/c1-2-25-14-18(21(28)29)19(15-25)24-20(27)10-11-22(16-8-9-16)12-13-23-26(22)17-6-4-3-5-7-17/h3-7,13-16H,2,8-12H2,1H3,(H,24,27)(H,28,29). The minimum atomic E-state index is -1.04. The number of benzene rings is 1. The number of para-hydroxylation sites is 1. The zero-order valence-electron chi connectivity index (χ0n) is 16.5. The van der Waals surface area contributed by atoms with Crippen LogP contribution in [0.25, 0.3) is 0 Å². The Bertz CT molecular complexity index is 933. The molecule has 2 heterocycles. The van der Waals surface area contributed by atoms with Crippen molar-refractivity contribution in [3.8, 4) is 0 Å². The number of carbonyl (C=O) groups is 2. The van der Waals surface area contributed by atoms with Crippen molar-refractivity contribution in [1.82, 2.24) is 4.57 Å². The van der Waals surface area contributed by atoms with Crippen LogP contribution in [0.4, 0.5) is 11.4 Å². The molecule has 1 atom stereocenters. The van der Waals surface area contributed by atoms with E-state index >= 15 is 0 Å². The Balaban J connectivity index is 1.48. The van der Waals surface area contributed by atoms with Gasteiger partial charge in [-0.25, -0.2) is 4.79 Å². The minimum Gasteiger partial charge on any atom is -0.478 e. The maximum absolute atomic E-state index is 12.7. The number of nitrogens with zero attached hydrogens (tertiary/aromatic N) is 3. The second-order valence-electron chi connectivity index (χ2n) is 7.80. The van der Waals surface area contributed by atoms with Crippen LogP contribution in [-0.2, 0) is 11.3 Å². The van der Waals surface area contributed by atoms with Crippen LogP contribution >= 0.6 is 0 Å². The molecule has 152 valence electrons. The second kappa shape index (κ2) is 7.73. The Kier molecular flexibility index (Phi) is 5.13. The van der Waals surface area contributed by atoms with Crippen LogP contribution in [0.2, 0.25) is 0 Å². The van der Waals surface area contributed by atoms with Crippen molar-refractivity contribution >= 4 is 29.5 Å². The fourth-order valence-electron chi connectivity index (χ4n) is 4.25. The van der Waals surface area contributed by atoms with Gasteiger partial charge in [0.2, 0.25) is 5.91 Å². The van der Waals surface area contributed by atoms with Gasteiger partial charge >= 0.3 is 5.97 Å². The molecule has 1 saturated carbocycles. The quantitative estimate of drug-likeness (QED) is 0.709. The van der Waals surface area contributed by atoms with Crippen molar-refractivity contribution in [2.75, 3.05) is 10.3 Å². The van der Waals surface area contributed by atoms with E-state index in [2.05, 4.69) is 15.4 Å². The Morgan fingerprint density at radius 1 is 1.24 bits per heavy atom. The number of carboxylic acid groups (broad SMARTS) is 1. The largest absolute Gasteiger partial charge is 0.478 e. The number of hydrazone groups is 1. The molecule has 0 saturated heterocycles. The summed E-state index contributed by atoms with van der Waals surface area (Å²) in [5.74, 6) is -0.684. The van der Waals surface area contributed by atoms with E-state index in [0.29, 0.717) is 31.0 Å². The first kappa shape index (κ1) is 19.2. The van der Waals surface area contributed by atoms with Gasteiger partial charge in [0.1, 0.15) is 5.56 Å². The molecule has 1 unspecified atom stereocenters. The van der Waals surface area contributed by atoms with Gasteiger partial charge in [0, 0.05) is 38.0 Å². The number of carboxylic acids is 1. The van der Waals surface area contributed by atoms with E-state index in [0.717, 1.165) is 24.9 Å². The van der Waals surface area contributed by atoms with Gasteiger partial charge < -0.3 is 15.0 Å². The Hall–Kier alpha value is -3.09. The fraction of sp³-hybridized carbons (Fsp3) is 0.409. The van der Waals surface area contributed by atoms with E-state index in [1.54, 1.807) is 17.0 Å². The smallest absolute Gasteiger partial charge is 0.339 e. The number of hydrogen-bond donors (Lipinski definition) is 2. The van der Waals surface area contributed by atoms with E-state index in [9.17, 15) is 14.7 Å². The Morgan fingerprint density at radius 2 is 2.00 bits per heavy atom. The highest BCUT2D eigenvalue weighted by Gasteiger charge is 2.51. The summed E-state index contributed by atoms with van der Waals surface area (Å²) in [5.41, 5.74) is 1.34. The molecule has 2 N–H and O–H groups in total. The van der Waals surface area contributed by atoms with Gasteiger partial charge in [-0.2, -0.15) is 5.10 Å². The SMILES string of the molecule is CCn1cc(NC(=O)CCC2(C3CC3)CC=NN2c2ccccc2)c(C(=O)O)c1. The lowest BCUT2D eigenvalue weighted by Gasteiger charge is -2.38. The van der Waals surface area contributed by atoms with Gasteiger partial charge in [-0.1, -0.05) is 18.2 Å². The third-order valence-corrected chi connectivity index (χ3v) is 5.94. The van der Waals surface area contributed by atoms with Crippen LogP contribution in [0.15, 0.2) is 47.8 Å². The van der Waals surface area contributed by atoms with Gasteiger partial charge in [0.25, 0.3) is 0 Å². The molecular formula is C22H26N4O3. The number of carbonyl (C=O) groups excluding carboxylic acids is 1. The molecule has 1 amide bonds. The van der Waals surface area contributed by atoms with Crippen LogP contribution in [0, 0.1) is 5.92 Å². The highest BCUT2D eigenvalue weighted by molar-refractivity contribution is 6.00. The second-order valence-corrected chi connectivity index (χ2v) is 7.80. The number of aromatic nitrogens is 1. The summed E-state index contributed by atoms with van der Waals surface area (Å²) < 4.78 is 1.76. The number of aryl methyl sites for hydroxylation is 1. The molecule has 0 radical (unpaired) electrons. The highest BCUT2D eigenvalue weighted by Crippen LogP contribution is 2.50. The first-order valence-corrected chi connectivity index (χ1v) is 10.1. The molecule has 1 aromatic heterocycles. The van der Waals surface area contributed by atoms with Crippen LogP contribution in [0.3, 0.4) is 0 Å². The molecule has 1 aliphatic heterocycles. The van der Waals surface area contributed by atoms with Gasteiger partial charge in [0.15, 0.2) is 0 Å². The molecule has 7 heteroatoms. The molecule has 2 aromatic rings. The number of anilines is 2. The maximum atomic E-state index is 12.7. The van der Waals surface area contributed by atoms with Crippen molar-refractivity contribution in [3.05, 3.63) is 48.3 Å². The van der Waals surface area contributed by atoms with Crippen LogP contribution in [-0.4, -0.2) is 33.3 Å². The van der Waals surface area contributed by atoms with E-state index in [1.165, 1.54) is 0 Å². The summed E-state index contributed by atoms with van der Waals surface area (Å²) in [5, 5.41) is 18.9. The summed E-state index contributed by atoms with van der Waals surface area (Å²) in [6.07, 6.45) is 9.29. The van der Waals surface area contributed by atoms with Crippen molar-refractivity contribution in [3.63, 3.8) is 0 Å². The molecule has 7 nitrogen and oxygen atoms in total. The zero-order chi connectivity index (χ0) is 20.4. The van der Waals surface area contributed by atoms with E-state index in [1.807, 2.05) is 43.5 Å². The van der Waals surface area contributed by atoms with Crippen LogP contribution in [0.1, 0.15) is 49.4 Å². The fourth-order valence-corrected chi connectivity index (χ4v) is 4.25. The third-order valence-electron chi connectivity index (χ3n) is 5.94. The number of rotatable bonds is 8. The molecule has 1 fully saturated rings. The zero-order valence-corrected chi connectivity index (χ0v) is 16.5. The average molecular weight is 394 g/mol. The number of aromatic carboxylic acids is 1. The van der Waals surface area contributed by atoms with Crippen molar-refractivity contribution < 1.29 is 14.7 Å². The first-order valence-electron chi connectivity index (χ1n) is 10.1.